The zero-order valence-electron chi connectivity index (χ0n) is 9.70. The Kier molecular flexibility index (Phi) is 4.85. The van der Waals surface area contributed by atoms with Gasteiger partial charge >= 0.3 is 0 Å². The number of hydrogen-bond donors (Lipinski definition) is 1. The third-order valence-electron chi connectivity index (χ3n) is 3.43. The number of likely N-dealkylation sites (tertiary alicyclic amines) is 1. The van der Waals surface area contributed by atoms with Crippen molar-refractivity contribution in [2.24, 2.45) is 17.6 Å². The number of hydrogen-bond acceptors (Lipinski definition) is 3. The molecule has 3 unspecified atom stereocenters. The maximum atomic E-state index is 5.58. The first-order valence-electron chi connectivity index (χ1n) is 5.62. The molecule has 0 spiro atoms. The number of nitrogens with zero attached hydrogens (tertiary/aromatic N) is 1. The van der Waals surface area contributed by atoms with Gasteiger partial charge in [-0.1, -0.05) is 13.8 Å². The summed E-state index contributed by atoms with van der Waals surface area (Å²) >= 11 is 0. The van der Waals surface area contributed by atoms with Crippen LogP contribution < -0.4 is 5.73 Å². The summed E-state index contributed by atoms with van der Waals surface area (Å²) in [6.45, 7) is 8.91. The van der Waals surface area contributed by atoms with E-state index in [1.807, 2.05) is 0 Å². The lowest BCUT2D eigenvalue weighted by Gasteiger charge is -2.19. The van der Waals surface area contributed by atoms with Crippen molar-refractivity contribution in [2.75, 3.05) is 33.3 Å². The quantitative estimate of drug-likeness (QED) is 0.718. The summed E-state index contributed by atoms with van der Waals surface area (Å²) in [4.78, 5) is 2.52. The van der Waals surface area contributed by atoms with Crippen LogP contribution in [0.15, 0.2) is 0 Å². The molecule has 1 fully saturated rings. The SMILES string of the molecule is COC(CN)CCN1CC(C)C(C)C1. The molecule has 3 atom stereocenters. The third-order valence-corrected chi connectivity index (χ3v) is 3.43. The standard InChI is InChI=1S/C11H24N2O/c1-9-7-13(8-10(9)2)5-4-11(6-12)14-3/h9-11H,4-8,12H2,1-3H3. The summed E-state index contributed by atoms with van der Waals surface area (Å²) in [5.41, 5.74) is 5.58. The van der Waals surface area contributed by atoms with Crippen LogP contribution in [0, 0.1) is 11.8 Å². The second-order valence-electron chi connectivity index (χ2n) is 4.60. The van der Waals surface area contributed by atoms with Gasteiger partial charge in [-0.3, -0.25) is 0 Å². The lowest BCUT2D eigenvalue weighted by Crippen LogP contribution is -2.30. The molecule has 3 heteroatoms. The van der Waals surface area contributed by atoms with E-state index in [-0.39, 0.29) is 6.10 Å². The van der Waals surface area contributed by atoms with Gasteiger partial charge in [0, 0.05) is 33.3 Å². The molecule has 0 aromatic heterocycles. The maximum Gasteiger partial charge on any atom is 0.0705 e. The van der Waals surface area contributed by atoms with Gasteiger partial charge in [-0.15, -0.1) is 0 Å². The van der Waals surface area contributed by atoms with E-state index >= 15 is 0 Å². The molecule has 0 aromatic rings. The van der Waals surface area contributed by atoms with Gasteiger partial charge in [0.25, 0.3) is 0 Å². The molecule has 1 aliphatic rings. The lowest BCUT2D eigenvalue weighted by atomic mass is 10.0. The molecule has 0 radical (unpaired) electrons. The van der Waals surface area contributed by atoms with Crippen LogP contribution in [-0.4, -0.2) is 44.3 Å². The zero-order chi connectivity index (χ0) is 10.6. The number of rotatable bonds is 5. The molecule has 0 amide bonds. The van der Waals surface area contributed by atoms with E-state index in [0.717, 1.165) is 24.8 Å². The molecule has 3 nitrogen and oxygen atoms in total. The Morgan fingerprint density at radius 3 is 2.36 bits per heavy atom. The van der Waals surface area contributed by atoms with Gasteiger partial charge in [-0.05, 0) is 18.3 Å². The highest BCUT2D eigenvalue weighted by Gasteiger charge is 2.25. The Morgan fingerprint density at radius 1 is 1.36 bits per heavy atom. The van der Waals surface area contributed by atoms with Crippen molar-refractivity contribution in [1.29, 1.82) is 0 Å². The van der Waals surface area contributed by atoms with Crippen LogP contribution in [-0.2, 0) is 4.74 Å². The van der Waals surface area contributed by atoms with Crippen molar-refractivity contribution < 1.29 is 4.74 Å². The number of methoxy groups -OCH3 is 1. The first-order valence-corrected chi connectivity index (χ1v) is 5.62. The molecule has 0 bridgehead atoms. The Bertz CT molecular complexity index is 149. The minimum absolute atomic E-state index is 0.237. The molecule has 1 aliphatic heterocycles. The monoisotopic (exact) mass is 200 g/mol. The zero-order valence-corrected chi connectivity index (χ0v) is 9.70. The first kappa shape index (κ1) is 12.0. The maximum absolute atomic E-state index is 5.58. The van der Waals surface area contributed by atoms with Crippen molar-refractivity contribution >= 4 is 0 Å². The van der Waals surface area contributed by atoms with E-state index in [9.17, 15) is 0 Å². The lowest BCUT2D eigenvalue weighted by molar-refractivity contribution is 0.0918. The summed E-state index contributed by atoms with van der Waals surface area (Å²) in [5, 5.41) is 0. The summed E-state index contributed by atoms with van der Waals surface area (Å²) < 4.78 is 5.26. The van der Waals surface area contributed by atoms with Crippen molar-refractivity contribution in [1.82, 2.24) is 4.90 Å². The van der Waals surface area contributed by atoms with Crippen LogP contribution >= 0.6 is 0 Å². The minimum atomic E-state index is 0.237. The highest BCUT2D eigenvalue weighted by Crippen LogP contribution is 2.22. The average molecular weight is 200 g/mol. The van der Waals surface area contributed by atoms with Crippen LogP contribution in [0.2, 0.25) is 0 Å². The van der Waals surface area contributed by atoms with Crippen LogP contribution in [0.5, 0.6) is 0 Å². The molecule has 0 saturated carbocycles. The molecule has 1 rings (SSSR count). The predicted molar refractivity (Wildman–Crippen MR) is 59.2 cm³/mol. The van der Waals surface area contributed by atoms with Crippen LogP contribution in [0.1, 0.15) is 20.3 Å². The minimum Gasteiger partial charge on any atom is -0.380 e. The number of nitrogens with two attached hydrogens (primary N) is 1. The van der Waals surface area contributed by atoms with Gasteiger partial charge in [-0.2, -0.15) is 0 Å². The van der Waals surface area contributed by atoms with E-state index in [1.165, 1.54) is 13.1 Å². The molecule has 0 aromatic carbocycles. The molecule has 0 aliphatic carbocycles. The van der Waals surface area contributed by atoms with Gasteiger partial charge in [0.05, 0.1) is 6.10 Å². The molecule has 1 heterocycles. The smallest absolute Gasteiger partial charge is 0.0705 e. The average Bonchev–Trinajstić information content (AvgIpc) is 2.48. The third kappa shape index (κ3) is 3.23. The Balaban J connectivity index is 2.19. The van der Waals surface area contributed by atoms with Crippen LogP contribution in [0.4, 0.5) is 0 Å². The van der Waals surface area contributed by atoms with Gasteiger partial charge < -0.3 is 15.4 Å². The van der Waals surface area contributed by atoms with Gasteiger partial charge in [-0.25, -0.2) is 0 Å². The predicted octanol–water partition coefficient (Wildman–Crippen LogP) is 0.938. The Hall–Kier alpha value is -0.120. The van der Waals surface area contributed by atoms with Crippen LogP contribution in [0.3, 0.4) is 0 Å². The van der Waals surface area contributed by atoms with E-state index in [4.69, 9.17) is 10.5 Å². The summed E-state index contributed by atoms with van der Waals surface area (Å²) in [6, 6.07) is 0. The second-order valence-corrected chi connectivity index (χ2v) is 4.60. The molecular weight excluding hydrogens is 176 g/mol. The van der Waals surface area contributed by atoms with Crippen molar-refractivity contribution in [3.63, 3.8) is 0 Å². The molecule has 1 saturated heterocycles. The van der Waals surface area contributed by atoms with Crippen molar-refractivity contribution in [3.8, 4) is 0 Å². The van der Waals surface area contributed by atoms with E-state index in [2.05, 4.69) is 18.7 Å². The fraction of sp³-hybridized carbons (Fsp3) is 1.00. The van der Waals surface area contributed by atoms with Crippen LogP contribution in [0.25, 0.3) is 0 Å². The summed E-state index contributed by atoms with van der Waals surface area (Å²) in [5.74, 6) is 1.68. The summed E-state index contributed by atoms with van der Waals surface area (Å²) in [6.07, 6.45) is 1.30. The Labute approximate surface area is 87.6 Å². The van der Waals surface area contributed by atoms with E-state index < -0.39 is 0 Å². The highest BCUT2D eigenvalue weighted by atomic mass is 16.5. The Morgan fingerprint density at radius 2 is 1.93 bits per heavy atom. The van der Waals surface area contributed by atoms with Gasteiger partial charge in [0.1, 0.15) is 0 Å². The molecule has 14 heavy (non-hydrogen) atoms. The van der Waals surface area contributed by atoms with E-state index in [0.29, 0.717) is 6.54 Å². The highest BCUT2D eigenvalue weighted by molar-refractivity contribution is 4.79. The fourth-order valence-corrected chi connectivity index (χ4v) is 2.09. The van der Waals surface area contributed by atoms with Crippen molar-refractivity contribution in [2.45, 2.75) is 26.4 Å². The molecule has 2 N–H and O–H groups in total. The van der Waals surface area contributed by atoms with E-state index in [1.54, 1.807) is 7.11 Å². The first-order chi connectivity index (χ1) is 6.67. The fourth-order valence-electron chi connectivity index (χ4n) is 2.09. The molecular formula is C11H24N2O. The topological polar surface area (TPSA) is 38.5 Å². The van der Waals surface area contributed by atoms with Gasteiger partial charge in [0.15, 0.2) is 0 Å². The largest absolute Gasteiger partial charge is 0.380 e. The van der Waals surface area contributed by atoms with Crippen molar-refractivity contribution in [3.05, 3.63) is 0 Å². The summed E-state index contributed by atoms with van der Waals surface area (Å²) in [7, 11) is 1.74. The second kappa shape index (κ2) is 5.69. The normalized spacial score (nSPS) is 30.9. The van der Waals surface area contributed by atoms with Gasteiger partial charge in [0.2, 0.25) is 0 Å². The molecule has 84 valence electrons. The number of ether oxygens (including phenoxy) is 1.